The Labute approximate surface area is 205 Å². The number of hydrogen-bond donors (Lipinski definition) is 3. The van der Waals surface area contributed by atoms with Crippen LogP contribution in [0.5, 0.6) is 0 Å². The molecule has 3 N–H and O–H groups in total. The van der Waals surface area contributed by atoms with Crippen LogP contribution in [0.3, 0.4) is 0 Å². The summed E-state index contributed by atoms with van der Waals surface area (Å²) < 4.78 is 24.6. The van der Waals surface area contributed by atoms with E-state index in [0.717, 1.165) is 25.8 Å². The van der Waals surface area contributed by atoms with Crippen molar-refractivity contribution in [2.45, 2.75) is 37.6 Å². The summed E-state index contributed by atoms with van der Waals surface area (Å²) >= 11 is 0. The van der Waals surface area contributed by atoms with Crippen molar-refractivity contribution in [3.63, 3.8) is 0 Å². The van der Waals surface area contributed by atoms with Crippen LogP contribution in [-0.2, 0) is 19.4 Å². The maximum atomic E-state index is 12.5. The molecule has 1 atom stereocenters. The molecule has 188 valence electrons. The molecule has 1 aromatic heterocycles. The van der Waals surface area contributed by atoms with E-state index in [0.29, 0.717) is 29.3 Å². The summed E-state index contributed by atoms with van der Waals surface area (Å²) in [7, 11) is -1.86. The van der Waals surface area contributed by atoms with Crippen LogP contribution in [0.2, 0.25) is 0 Å². The molecular formula is C23H31N7O4S. The first-order valence-electron chi connectivity index (χ1n) is 11.5. The zero-order valence-corrected chi connectivity index (χ0v) is 21.1. The Hall–Kier alpha value is -3.25. The Morgan fingerprint density at radius 1 is 1.26 bits per heavy atom. The standard InChI is InChI=1S/C23H31N7O4S/c1-14(2)30-13-21(32)29(3)19-12-25-23(28-22(19)30)27-17-8-16(9-18(10-17)35(4,33)34)26-20(31)7-15-5-6-24-11-15/h8-10,12,14-15,24H,5-7,11,13H2,1-4H3,(H,26,31)(H,25,27,28)/t15-/m1/s1. The number of hydrogen-bond acceptors (Lipinski definition) is 9. The van der Waals surface area contributed by atoms with Gasteiger partial charge >= 0.3 is 0 Å². The summed E-state index contributed by atoms with van der Waals surface area (Å²) in [5.74, 6) is 0.906. The predicted molar refractivity (Wildman–Crippen MR) is 135 cm³/mol. The SMILES string of the molecule is CC(C)N1CC(=O)N(C)c2cnc(Nc3cc(NC(=O)C[C@H]4CCNC4)cc(S(C)(=O)=O)c3)nc21. The number of anilines is 5. The van der Waals surface area contributed by atoms with E-state index in [1.807, 2.05) is 18.7 Å². The number of sulfone groups is 1. The minimum atomic E-state index is -3.54. The lowest BCUT2D eigenvalue weighted by atomic mass is 10.0. The maximum absolute atomic E-state index is 12.5. The highest BCUT2D eigenvalue weighted by molar-refractivity contribution is 7.90. The van der Waals surface area contributed by atoms with E-state index in [-0.39, 0.29) is 41.2 Å². The van der Waals surface area contributed by atoms with Gasteiger partial charge in [0.1, 0.15) is 5.69 Å². The van der Waals surface area contributed by atoms with Crippen LogP contribution in [0.15, 0.2) is 29.3 Å². The van der Waals surface area contributed by atoms with Crippen LogP contribution in [0.1, 0.15) is 26.7 Å². The van der Waals surface area contributed by atoms with Crippen molar-refractivity contribution in [2.24, 2.45) is 5.92 Å². The Bertz CT molecular complexity index is 1240. The molecule has 0 saturated carbocycles. The molecule has 11 nitrogen and oxygen atoms in total. The third-order valence-corrected chi connectivity index (χ3v) is 7.29. The second-order valence-electron chi connectivity index (χ2n) is 9.33. The van der Waals surface area contributed by atoms with Crippen molar-refractivity contribution in [2.75, 3.05) is 53.4 Å². The predicted octanol–water partition coefficient (Wildman–Crippen LogP) is 1.75. The average Bonchev–Trinajstić information content (AvgIpc) is 3.28. The molecule has 1 fully saturated rings. The van der Waals surface area contributed by atoms with Gasteiger partial charge < -0.3 is 25.8 Å². The van der Waals surface area contributed by atoms with E-state index in [2.05, 4.69) is 25.9 Å². The first-order chi connectivity index (χ1) is 16.5. The molecule has 2 amide bonds. The van der Waals surface area contributed by atoms with E-state index in [9.17, 15) is 18.0 Å². The van der Waals surface area contributed by atoms with Gasteiger partial charge in [-0.15, -0.1) is 0 Å². The Balaban J connectivity index is 1.62. The molecule has 3 heterocycles. The number of nitrogens with one attached hydrogen (secondary N) is 3. The van der Waals surface area contributed by atoms with Crippen LogP contribution >= 0.6 is 0 Å². The van der Waals surface area contributed by atoms with Gasteiger partial charge in [0, 0.05) is 37.1 Å². The number of likely N-dealkylation sites (N-methyl/N-ethyl adjacent to an activating group) is 1. The molecule has 12 heteroatoms. The minimum Gasteiger partial charge on any atom is -0.343 e. The topological polar surface area (TPSA) is 137 Å². The van der Waals surface area contributed by atoms with Gasteiger partial charge in [-0.1, -0.05) is 0 Å². The fraction of sp³-hybridized carbons (Fsp3) is 0.478. The van der Waals surface area contributed by atoms with Crippen molar-refractivity contribution >= 4 is 50.5 Å². The van der Waals surface area contributed by atoms with Crippen molar-refractivity contribution in [3.05, 3.63) is 24.4 Å². The maximum Gasteiger partial charge on any atom is 0.246 e. The lowest BCUT2D eigenvalue weighted by molar-refractivity contribution is -0.118. The molecular weight excluding hydrogens is 470 g/mol. The number of rotatable bonds is 7. The van der Waals surface area contributed by atoms with Gasteiger partial charge in [0.15, 0.2) is 15.7 Å². The number of nitrogens with zero attached hydrogens (tertiary/aromatic N) is 4. The lowest BCUT2D eigenvalue weighted by Crippen LogP contribution is -2.47. The van der Waals surface area contributed by atoms with Crippen LogP contribution in [0.4, 0.5) is 28.8 Å². The van der Waals surface area contributed by atoms with Gasteiger partial charge in [-0.05, 0) is 57.5 Å². The first-order valence-corrected chi connectivity index (χ1v) is 13.4. The largest absolute Gasteiger partial charge is 0.343 e. The highest BCUT2D eigenvalue weighted by Crippen LogP contribution is 2.33. The van der Waals surface area contributed by atoms with Gasteiger partial charge in [0.2, 0.25) is 17.8 Å². The third-order valence-electron chi connectivity index (χ3n) is 6.20. The summed E-state index contributed by atoms with van der Waals surface area (Å²) in [6.07, 6.45) is 3.98. The number of aromatic nitrogens is 2. The molecule has 2 aromatic rings. The molecule has 2 aliphatic heterocycles. The van der Waals surface area contributed by atoms with Gasteiger partial charge in [-0.25, -0.2) is 13.4 Å². The van der Waals surface area contributed by atoms with E-state index >= 15 is 0 Å². The zero-order chi connectivity index (χ0) is 25.3. The van der Waals surface area contributed by atoms with Crippen LogP contribution in [-0.4, -0.2) is 69.2 Å². The van der Waals surface area contributed by atoms with E-state index in [1.165, 1.54) is 17.0 Å². The third kappa shape index (κ3) is 5.70. The summed E-state index contributed by atoms with van der Waals surface area (Å²) in [6.45, 7) is 5.85. The number of carbonyl (C=O) groups excluding carboxylic acids is 2. The van der Waals surface area contributed by atoms with Crippen molar-refractivity contribution in [1.29, 1.82) is 0 Å². The van der Waals surface area contributed by atoms with Crippen LogP contribution in [0.25, 0.3) is 0 Å². The summed E-state index contributed by atoms with van der Waals surface area (Å²) in [6, 6.07) is 4.61. The van der Waals surface area contributed by atoms with Crippen molar-refractivity contribution in [3.8, 4) is 0 Å². The smallest absolute Gasteiger partial charge is 0.246 e. The molecule has 0 radical (unpaired) electrons. The second-order valence-corrected chi connectivity index (χ2v) is 11.3. The molecule has 4 rings (SSSR count). The molecule has 2 aliphatic rings. The van der Waals surface area contributed by atoms with E-state index in [4.69, 9.17) is 0 Å². The molecule has 0 bridgehead atoms. The number of amides is 2. The van der Waals surface area contributed by atoms with Gasteiger partial charge in [-0.3, -0.25) is 9.59 Å². The minimum absolute atomic E-state index is 0.0413. The second kappa shape index (κ2) is 9.78. The molecule has 1 aromatic carbocycles. The Morgan fingerprint density at radius 3 is 2.66 bits per heavy atom. The van der Waals surface area contributed by atoms with Gasteiger partial charge in [0.05, 0.1) is 17.6 Å². The number of benzene rings is 1. The zero-order valence-electron chi connectivity index (χ0n) is 20.3. The van der Waals surface area contributed by atoms with Crippen LogP contribution in [0, 0.1) is 5.92 Å². The monoisotopic (exact) mass is 501 g/mol. The molecule has 0 spiro atoms. The Kier molecular flexibility index (Phi) is 6.95. The number of carbonyl (C=O) groups is 2. The highest BCUT2D eigenvalue weighted by Gasteiger charge is 2.30. The fourth-order valence-electron chi connectivity index (χ4n) is 4.21. The van der Waals surface area contributed by atoms with E-state index < -0.39 is 9.84 Å². The molecule has 1 saturated heterocycles. The number of fused-ring (bicyclic) bond motifs is 1. The summed E-state index contributed by atoms with van der Waals surface area (Å²) in [5, 5.41) is 9.12. The molecule has 0 aliphatic carbocycles. The molecule has 35 heavy (non-hydrogen) atoms. The summed E-state index contributed by atoms with van der Waals surface area (Å²) in [4.78, 5) is 37.3. The van der Waals surface area contributed by atoms with Gasteiger partial charge in [0.25, 0.3) is 0 Å². The van der Waals surface area contributed by atoms with Crippen LogP contribution < -0.4 is 25.8 Å². The quantitative estimate of drug-likeness (QED) is 0.518. The lowest BCUT2D eigenvalue weighted by Gasteiger charge is -2.36. The average molecular weight is 502 g/mol. The highest BCUT2D eigenvalue weighted by atomic mass is 32.2. The first kappa shape index (κ1) is 24.9. The fourth-order valence-corrected chi connectivity index (χ4v) is 4.89. The van der Waals surface area contributed by atoms with E-state index in [1.54, 1.807) is 19.3 Å². The Morgan fingerprint density at radius 2 is 2.00 bits per heavy atom. The summed E-state index contributed by atoms with van der Waals surface area (Å²) in [5.41, 5.74) is 1.39. The van der Waals surface area contributed by atoms with Gasteiger partial charge in [-0.2, -0.15) is 4.98 Å². The molecule has 0 unspecified atom stereocenters. The normalized spacial score (nSPS) is 18.1. The van der Waals surface area contributed by atoms with Crippen molar-refractivity contribution < 1.29 is 18.0 Å². The van der Waals surface area contributed by atoms with Crippen molar-refractivity contribution in [1.82, 2.24) is 15.3 Å².